The van der Waals surface area contributed by atoms with E-state index in [1.54, 1.807) is 12.1 Å². The molecule has 0 aromatic carbocycles. The van der Waals surface area contributed by atoms with Gasteiger partial charge in [0.05, 0.1) is 17.3 Å². The highest BCUT2D eigenvalue weighted by molar-refractivity contribution is 6.31. The quantitative estimate of drug-likeness (QED) is 0.739. The van der Waals surface area contributed by atoms with E-state index in [4.69, 9.17) is 21.1 Å². The van der Waals surface area contributed by atoms with Gasteiger partial charge in [0.15, 0.2) is 0 Å². The third-order valence-corrected chi connectivity index (χ3v) is 2.51. The summed E-state index contributed by atoms with van der Waals surface area (Å²) in [5, 5.41) is 3.66. The van der Waals surface area contributed by atoms with E-state index < -0.39 is 0 Å². The molecule has 1 aromatic rings. The van der Waals surface area contributed by atoms with Crippen LogP contribution in [0.2, 0.25) is 5.02 Å². The van der Waals surface area contributed by atoms with Gasteiger partial charge >= 0.3 is 0 Å². The van der Waals surface area contributed by atoms with E-state index in [1.165, 1.54) is 0 Å². The topological polar surface area (TPSA) is 43.4 Å². The van der Waals surface area contributed by atoms with Crippen LogP contribution in [0.3, 0.4) is 0 Å². The second-order valence-electron chi connectivity index (χ2n) is 4.43. The van der Waals surface area contributed by atoms with Crippen molar-refractivity contribution >= 4 is 11.6 Å². The molecule has 18 heavy (non-hydrogen) atoms. The molecular formula is C13H21ClN2O2. The average Bonchev–Trinajstić information content (AvgIpc) is 2.32. The largest absolute Gasteiger partial charge is 0.475 e. The second-order valence-corrected chi connectivity index (χ2v) is 4.83. The Morgan fingerprint density at radius 3 is 2.78 bits per heavy atom. The van der Waals surface area contributed by atoms with E-state index >= 15 is 0 Å². The first-order valence-electron chi connectivity index (χ1n) is 6.14. The molecule has 0 bridgehead atoms. The summed E-state index contributed by atoms with van der Waals surface area (Å²) in [7, 11) is 1.85. The molecule has 0 fully saturated rings. The van der Waals surface area contributed by atoms with Crippen molar-refractivity contribution in [1.29, 1.82) is 0 Å². The van der Waals surface area contributed by atoms with Crippen molar-refractivity contribution in [3.05, 3.63) is 22.8 Å². The van der Waals surface area contributed by atoms with Crippen LogP contribution in [0.15, 0.2) is 12.1 Å². The number of rotatable bonds is 8. The molecule has 0 saturated carbocycles. The van der Waals surface area contributed by atoms with Crippen molar-refractivity contribution in [2.45, 2.75) is 20.4 Å². The van der Waals surface area contributed by atoms with Crippen LogP contribution in [0.5, 0.6) is 5.88 Å². The maximum atomic E-state index is 6.01. The fourth-order valence-corrected chi connectivity index (χ4v) is 1.53. The molecule has 5 heteroatoms. The van der Waals surface area contributed by atoms with Gasteiger partial charge in [-0.3, -0.25) is 0 Å². The lowest BCUT2D eigenvalue weighted by Crippen LogP contribution is -2.12. The van der Waals surface area contributed by atoms with Gasteiger partial charge in [0.25, 0.3) is 0 Å². The number of ether oxygens (including phenoxy) is 2. The van der Waals surface area contributed by atoms with Crippen LogP contribution in [-0.4, -0.2) is 31.9 Å². The maximum absolute atomic E-state index is 6.01. The Kier molecular flexibility index (Phi) is 7.01. The van der Waals surface area contributed by atoms with E-state index in [9.17, 15) is 0 Å². The summed E-state index contributed by atoms with van der Waals surface area (Å²) in [6.07, 6.45) is 0. The lowest BCUT2D eigenvalue weighted by Gasteiger charge is -2.09. The minimum absolute atomic E-state index is 0.500. The van der Waals surface area contributed by atoms with E-state index in [1.807, 2.05) is 7.05 Å². The standard InChI is InChI=1S/C13H21ClN2O2/c1-10(2)9-17-6-7-18-13-5-4-11(14)12(16-13)8-15-3/h4-5,10,15H,6-9H2,1-3H3. The molecular weight excluding hydrogens is 252 g/mol. The molecule has 0 spiro atoms. The Morgan fingerprint density at radius 2 is 2.11 bits per heavy atom. The lowest BCUT2D eigenvalue weighted by molar-refractivity contribution is 0.0805. The zero-order valence-electron chi connectivity index (χ0n) is 11.2. The van der Waals surface area contributed by atoms with Gasteiger partial charge in [-0.05, 0) is 19.0 Å². The molecule has 0 amide bonds. The Morgan fingerprint density at radius 1 is 1.33 bits per heavy atom. The van der Waals surface area contributed by atoms with E-state index in [-0.39, 0.29) is 0 Å². The monoisotopic (exact) mass is 272 g/mol. The zero-order chi connectivity index (χ0) is 13.4. The minimum atomic E-state index is 0.500. The van der Waals surface area contributed by atoms with Crippen LogP contribution in [0.4, 0.5) is 0 Å². The summed E-state index contributed by atoms with van der Waals surface area (Å²) in [4.78, 5) is 4.32. The molecule has 1 N–H and O–H groups in total. The van der Waals surface area contributed by atoms with Gasteiger partial charge in [0.2, 0.25) is 5.88 Å². The molecule has 102 valence electrons. The molecule has 0 saturated heterocycles. The summed E-state index contributed by atoms with van der Waals surface area (Å²) in [6.45, 7) is 6.68. The predicted octanol–water partition coefficient (Wildman–Crippen LogP) is 2.51. The van der Waals surface area contributed by atoms with Crippen LogP contribution in [0.25, 0.3) is 0 Å². The SMILES string of the molecule is CNCc1nc(OCCOCC(C)C)ccc1Cl. The molecule has 1 rings (SSSR count). The normalized spacial score (nSPS) is 10.9. The minimum Gasteiger partial charge on any atom is -0.475 e. The Hall–Kier alpha value is -0.840. The highest BCUT2D eigenvalue weighted by atomic mass is 35.5. The van der Waals surface area contributed by atoms with Crippen LogP contribution in [0.1, 0.15) is 19.5 Å². The highest BCUT2D eigenvalue weighted by Gasteiger charge is 2.04. The molecule has 0 aliphatic heterocycles. The Labute approximate surface area is 114 Å². The van der Waals surface area contributed by atoms with Crippen molar-refractivity contribution in [2.75, 3.05) is 26.9 Å². The number of nitrogens with one attached hydrogen (secondary N) is 1. The second kappa shape index (κ2) is 8.29. The summed E-state index contributed by atoms with van der Waals surface area (Å²) < 4.78 is 10.9. The molecule has 4 nitrogen and oxygen atoms in total. The maximum Gasteiger partial charge on any atom is 0.213 e. The summed E-state index contributed by atoms with van der Waals surface area (Å²) in [5.41, 5.74) is 0.791. The summed E-state index contributed by atoms with van der Waals surface area (Å²) in [5.74, 6) is 1.12. The van der Waals surface area contributed by atoms with Crippen molar-refractivity contribution in [2.24, 2.45) is 5.92 Å². The third-order valence-electron chi connectivity index (χ3n) is 2.17. The third kappa shape index (κ3) is 5.67. The van der Waals surface area contributed by atoms with Crippen molar-refractivity contribution in [3.8, 4) is 5.88 Å². The van der Waals surface area contributed by atoms with Gasteiger partial charge in [-0.25, -0.2) is 4.98 Å². The molecule has 1 aromatic heterocycles. The van der Waals surface area contributed by atoms with E-state index in [2.05, 4.69) is 24.1 Å². The number of pyridine rings is 1. The summed E-state index contributed by atoms with van der Waals surface area (Å²) in [6, 6.07) is 3.56. The number of nitrogens with zero attached hydrogens (tertiary/aromatic N) is 1. The molecule has 0 unspecified atom stereocenters. The molecule has 0 aliphatic rings. The van der Waals surface area contributed by atoms with Gasteiger partial charge in [-0.2, -0.15) is 0 Å². The van der Waals surface area contributed by atoms with E-state index in [0.717, 1.165) is 12.3 Å². The van der Waals surface area contributed by atoms with Crippen LogP contribution in [0, 0.1) is 5.92 Å². The zero-order valence-corrected chi connectivity index (χ0v) is 12.0. The van der Waals surface area contributed by atoms with Gasteiger partial charge in [-0.1, -0.05) is 25.4 Å². The smallest absolute Gasteiger partial charge is 0.213 e. The Bertz CT molecular complexity index is 359. The molecule has 0 aliphatic carbocycles. The van der Waals surface area contributed by atoms with Gasteiger partial charge < -0.3 is 14.8 Å². The summed E-state index contributed by atoms with van der Waals surface area (Å²) >= 11 is 6.01. The predicted molar refractivity (Wildman–Crippen MR) is 73.2 cm³/mol. The van der Waals surface area contributed by atoms with Crippen molar-refractivity contribution < 1.29 is 9.47 Å². The average molecular weight is 273 g/mol. The highest BCUT2D eigenvalue weighted by Crippen LogP contribution is 2.17. The van der Waals surface area contributed by atoms with E-state index in [0.29, 0.717) is 36.6 Å². The van der Waals surface area contributed by atoms with Crippen LogP contribution >= 0.6 is 11.6 Å². The number of halogens is 1. The molecule has 0 radical (unpaired) electrons. The molecule has 0 atom stereocenters. The lowest BCUT2D eigenvalue weighted by atomic mass is 10.2. The fourth-order valence-electron chi connectivity index (χ4n) is 1.36. The van der Waals surface area contributed by atoms with Gasteiger partial charge in [0.1, 0.15) is 6.61 Å². The number of aromatic nitrogens is 1. The van der Waals surface area contributed by atoms with Crippen molar-refractivity contribution in [1.82, 2.24) is 10.3 Å². The van der Waals surface area contributed by atoms with Crippen molar-refractivity contribution in [3.63, 3.8) is 0 Å². The number of hydrogen-bond acceptors (Lipinski definition) is 4. The first kappa shape index (κ1) is 15.2. The fraction of sp³-hybridized carbons (Fsp3) is 0.615. The van der Waals surface area contributed by atoms with Crippen LogP contribution < -0.4 is 10.1 Å². The van der Waals surface area contributed by atoms with Crippen LogP contribution in [-0.2, 0) is 11.3 Å². The first-order valence-corrected chi connectivity index (χ1v) is 6.52. The van der Waals surface area contributed by atoms with Gasteiger partial charge in [-0.15, -0.1) is 0 Å². The first-order chi connectivity index (χ1) is 8.63. The molecule has 1 heterocycles. The Balaban J connectivity index is 2.35. The number of hydrogen-bond donors (Lipinski definition) is 1. The van der Waals surface area contributed by atoms with Gasteiger partial charge in [0, 0.05) is 19.2 Å².